The van der Waals surface area contributed by atoms with Gasteiger partial charge >= 0.3 is 6.18 Å². The molecule has 0 bridgehead atoms. The van der Waals surface area contributed by atoms with Crippen molar-refractivity contribution in [3.05, 3.63) is 29.6 Å². The van der Waals surface area contributed by atoms with E-state index in [1.807, 2.05) is 13.8 Å². The molecule has 1 saturated carbocycles. The molecule has 1 aliphatic carbocycles. The van der Waals surface area contributed by atoms with Crippen LogP contribution in [-0.4, -0.2) is 10.9 Å². The Labute approximate surface area is 123 Å². The van der Waals surface area contributed by atoms with Gasteiger partial charge in [-0.3, -0.25) is 0 Å². The number of benzene rings is 1. The van der Waals surface area contributed by atoms with Gasteiger partial charge in [-0.05, 0) is 31.0 Å². The number of halogens is 5. The highest BCUT2D eigenvalue weighted by atomic mass is 79.9. The topological polar surface area (TPSA) is 9.23 Å². The van der Waals surface area contributed by atoms with Crippen LogP contribution in [0.4, 0.5) is 17.6 Å². The van der Waals surface area contributed by atoms with Gasteiger partial charge in [0.1, 0.15) is 17.7 Å². The molecule has 2 rings (SSSR count). The Morgan fingerprint density at radius 2 is 2.05 bits per heavy atom. The average Bonchev–Trinajstić information content (AvgIpc) is 2.38. The Hall–Kier alpha value is -0.780. The lowest BCUT2D eigenvalue weighted by Gasteiger charge is -2.50. The molecular weight excluding hydrogens is 340 g/mol. The van der Waals surface area contributed by atoms with E-state index >= 15 is 0 Å². The molecule has 20 heavy (non-hydrogen) atoms. The molecule has 0 aliphatic heterocycles. The van der Waals surface area contributed by atoms with Gasteiger partial charge in [0, 0.05) is 10.2 Å². The van der Waals surface area contributed by atoms with Crippen LogP contribution in [0.15, 0.2) is 18.2 Å². The van der Waals surface area contributed by atoms with Gasteiger partial charge < -0.3 is 4.74 Å². The molecule has 0 N–H and O–H groups in total. The molecule has 1 aliphatic rings. The molecule has 0 amide bonds. The van der Waals surface area contributed by atoms with E-state index in [0.717, 1.165) is 25.0 Å². The number of hydrogen-bond donors (Lipinski definition) is 0. The summed E-state index contributed by atoms with van der Waals surface area (Å²) in [5.41, 5.74) is -1.41. The highest BCUT2D eigenvalue weighted by Gasteiger charge is 2.51. The SMILES string of the molecule is CCC1(C)C(Br)CC1Oc1ccc(F)c(C(F)(F)F)c1. The summed E-state index contributed by atoms with van der Waals surface area (Å²) >= 11 is 3.53. The van der Waals surface area contributed by atoms with E-state index in [2.05, 4.69) is 15.9 Å². The first kappa shape index (κ1) is 15.6. The Balaban J connectivity index is 2.20. The molecule has 0 aromatic heterocycles. The van der Waals surface area contributed by atoms with E-state index in [4.69, 9.17) is 4.74 Å². The average molecular weight is 355 g/mol. The van der Waals surface area contributed by atoms with E-state index < -0.39 is 17.6 Å². The Morgan fingerprint density at radius 3 is 2.55 bits per heavy atom. The first-order valence-corrected chi connectivity index (χ1v) is 7.27. The normalized spacial score (nSPS) is 29.9. The first-order valence-electron chi connectivity index (χ1n) is 6.36. The fourth-order valence-corrected chi connectivity index (χ4v) is 3.32. The zero-order chi connectivity index (χ0) is 15.1. The van der Waals surface area contributed by atoms with Crippen molar-refractivity contribution in [2.24, 2.45) is 5.41 Å². The molecule has 0 heterocycles. The van der Waals surface area contributed by atoms with Gasteiger partial charge in [-0.15, -0.1) is 0 Å². The predicted molar refractivity (Wildman–Crippen MR) is 71.5 cm³/mol. The Bertz CT molecular complexity index is 502. The second-order valence-corrected chi connectivity index (χ2v) is 6.41. The third kappa shape index (κ3) is 2.67. The van der Waals surface area contributed by atoms with E-state index in [0.29, 0.717) is 0 Å². The lowest BCUT2D eigenvalue weighted by molar-refractivity contribution is -0.140. The summed E-state index contributed by atoms with van der Waals surface area (Å²) in [6.45, 7) is 4.03. The maximum Gasteiger partial charge on any atom is 0.419 e. The molecule has 0 spiro atoms. The molecule has 6 heteroatoms. The smallest absolute Gasteiger partial charge is 0.419 e. The third-order valence-electron chi connectivity index (χ3n) is 4.16. The number of alkyl halides is 4. The molecule has 0 radical (unpaired) electrons. The minimum Gasteiger partial charge on any atom is -0.490 e. The third-order valence-corrected chi connectivity index (χ3v) is 5.58. The second-order valence-electron chi connectivity index (χ2n) is 5.31. The molecule has 1 aromatic rings. The van der Waals surface area contributed by atoms with Crippen LogP contribution in [0.5, 0.6) is 5.75 Å². The van der Waals surface area contributed by atoms with Crippen LogP contribution < -0.4 is 4.74 Å². The van der Waals surface area contributed by atoms with E-state index in [9.17, 15) is 17.6 Å². The predicted octanol–water partition coefficient (Wildman–Crippen LogP) is 5.18. The molecule has 3 unspecified atom stereocenters. The summed E-state index contributed by atoms with van der Waals surface area (Å²) in [5, 5.41) is 0. The van der Waals surface area contributed by atoms with E-state index in [1.165, 1.54) is 6.07 Å². The maximum atomic E-state index is 13.2. The number of ether oxygens (including phenoxy) is 1. The zero-order valence-electron chi connectivity index (χ0n) is 11.1. The molecule has 3 atom stereocenters. The van der Waals surface area contributed by atoms with Crippen molar-refractivity contribution < 1.29 is 22.3 Å². The van der Waals surface area contributed by atoms with Gasteiger partial charge in [-0.1, -0.05) is 29.8 Å². The highest BCUT2D eigenvalue weighted by molar-refractivity contribution is 9.09. The van der Waals surface area contributed by atoms with Crippen LogP contribution in [0.2, 0.25) is 0 Å². The van der Waals surface area contributed by atoms with E-state index in [-0.39, 0.29) is 22.1 Å². The van der Waals surface area contributed by atoms with Gasteiger partial charge in [0.05, 0.1) is 5.56 Å². The quantitative estimate of drug-likeness (QED) is 0.537. The number of hydrogen-bond acceptors (Lipinski definition) is 1. The van der Waals surface area contributed by atoms with Crippen LogP contribution in [0, 0.1) is 11.2 Å². The van der Waals surface area contributed by atoms with Crippen molar-refractivity contribution in [2.75, 3.05) is 0 Å². The lowest BCUT2D eigenvalue weighted by Crippen LogP contribution is -2.54. The first-order chi connectivity index (χ1) is 9.18. The fraction of sp³-hybridized carbons (Fsp3) is 0.571. The summed E-state index contributed by atoms with van der Waals surface area (Å²) in [6, 6.07) is 2.76. The largest absolute Gasteiger partial charge is 0.490 e. The van der Waals surface area contributed by atoms with Crippen molar-refractivity contribution in [1.82, 2.24) is 0 Å². The van der Waals surface area contributed by atoms with Crippen molar-refractivity contribution in [3.8, 4) is 5.75 Å². The van der Waals surface area contributed by atoms with Crippen LogP contribution in [0.1, 0.15) is 32.3 Å². The van der Waals surface area contributed by atoms with Crippen LogP contribution in [-0.2, 0) is 6.18 Å². The van der Waals surface area contributed by atoms with E-state index in [1.54, 1.807) is 0 Å². The van der Waals surface area contributed by atoms with Crippen molar-refractivity contribution in [1.29, 1.82) is 0 Å². The molecule has 1 nitrogen and oxygen atoms in total. The van der Waals surface area contributed by atoms with Gasteiger partial charge in [-0.2, -0.15) is 13.2 Å². The van der Waals surface area contributed by atoms with Crippen molar-refractivity contribution >= 4 is 15.9 Å². The second kappa shape index (κ2) is 5.20. The monoisotopic (exact) mass is 354 g/mol. The van der Waals surface area contributed by atoms with Crippen molar-refractivity contribution in [2.45, 2.75) is 43.8 Å². The highest BCUT2D eigenvalue weighted by Crippen LogP contribution is 2.50. The van der Waals surface area contributed by atoms with Gasteiger partial charge in [-0.25, -0.2) is 4.39 Å². The molecule has 1 aromatic carbocycles. The molecule has 0 saturated heterocycles. The summed E-state index contributed by atoms with van der Waals surface area (Å²) in [6.07, 6.45) is -3.30. The summed E-state index contributed by atoms with van der Waals surface area (Å²) in [5.74, 6) is -1.22. The van der Waals surface area contributed by atoms with Crippen LogP contribution in [0.3, 0.4) is 0 Å². The number of rotatable bonds is 3. The van der Waals surface area contributed by atoms with Crippen LogP contribution in [0.25, 0.3) is 0 Å². The molecule has 1 fully saturated rings. The summed E-state index contributed by atoms with van der Waals surface area (Å²) in [7, 11) is 0. The maximum absolute atomic E-state index is 13.2. The Kier molecular flexibility index (Phi) is 4.06. The van der Waals surface area contributed by atoms with Gasteiger partial charge in [0.15, 0.2) is 0 Å². The minimum absolute atomic E-state index is 0.0581. The lowest BCUT2D eigenvalue weighted by atomic mass is 9.65. The standard InChI is InChI=1S/C14H15BrF4O/c1-3-13(2)11(15)7-12(13)20-8-4-5-10(16)9(6-8)14(17,18)19/h4-6,11-12H,3,7H2,1-2H3. The molecule has 112 valence electrons. The zero-order valence-corrected chi connectivity index (χ0v) is 12.7. The Morgan fingerprint density at radius 1 is 1.40 bits per heavy atom. The van der Waals surface area contributed by atoms with Crippen molar-refractivity contribution in [3.63, 3.8) is 0 Å². The fourth-order valence-electron chi connectivity index (χ4n) is 2.36. The molecular formula is C14H15BrF4O. The van der Waals surface area contributed by atoms with Crippen LogP contribution >= 0.6 is 15.9 Å². The van der Waals surface area contributed by atoms with Gasteiger partial charge in [0.2, 0.25) is 0 Å². The minimum atomic E-state index is -4.71. The summed E-state index contributed by atoms with van der Waals surface area (Å²) < 4.78 is 56.7. The van der Waals surface area contributed by atoms with Gasteiger partial charge in [0.25, 0.3) is 0 Å². The summed E-state index contributed by atoms with van der Waals surface area (Å²) in [4.78, 5) is 0.285.